The molecule has 1 atom stereocenters. The number of thiophene rings is 1. The van der Waals surface area contributed by atoms with Gasteiger partial charge in [0.25, 0.3) is 0 Å². The van der Waals surface area contributed by atoms with Gasteiger partial charge in [-0.05, 0) is 54.7 Å². The van der Waals surface area contributed by atoms with Gasteiger partial charge in [-0.15, -0.1) is 11.3 Å². The Kier molecular flexibility index (Phi) is 3.43. The summed E-state index contributed by atoms with van der Waals surface area (Å²) in [6, 6.07) is 8.11. The Labute approximate surface area is 111 Å². The third kappa shape index (κ3) is 2.33. The molecule has 0 amide bonds. The van der Waals surface area contributed by atoms with Crippen molar-refractivity contribution in [2.75, 3.05) is 13.1 Å². The molecule has 3 heteroatoms. The average molecular weight is 259 g/mol. The van der Waals surface area contributed by atoms with Crippen LogP contribution in [0.25, 0.3) is 10.1 Å². The summed E-state index contributed by atoms with van der Waals surface area (Å²) in [5.41, 5.74) is 0.911. The molecule has 0 spiro atoms. The Balaban J connectivity index is 1.73. The lowest BCUT2D eigenvalue weighted by atomic mass is 9.97. The second-order valence-electron chi connectivity index (χ2n) is 4.97. The Morgan fingerprint density at radius 3 is 3.17 bits per heavy atom. The summed E-state index contributed by atoms with van der Waals surface area (Å²) >= 11 is 1.67. The van der Waals surface area contributed by atoms with E-state index in [9.17, 15) is 4.79 Å². The highest BCUT2D eigenvalue weighted by molar-refractivity contribution is 7.17. The van der Waals surface area contributed by atoms with Crippen LogP contribution < -0.4 is 5.32 Å². The summed E-state index contributed by atoms with van der Waals surface area (Å²) in [4.78, 5) is 12.3. The summed E-state index contributed by atoms with van der Waals surface area (Å²) in [5.74, 6) is 0.992. The maximum atomic E-state index is 12.3. The average Bonchev–Trinajstić information content (AvgIpc) is 3.05. The number of hydrogen-bond donors (Lipinski definition) is 1. The van der Waals surface area contributed by atoms with Crippen molar-refractivity contribution < 1.29 is 4.79 Å². The van der Waals surface area contributed by atoms with Crippen molar-refractivity contribution in [2.45, 2.75) is 19.3 Å². The van der Waals surface area contributed by atoms with Crippen molar-refractivity contribution in [2.24, 2.45) is 5.92 Å². The van der Waals surface area contributed by atoms with Crippen LogP contribution in [0.3, 0.4) is 0 Å². The minimum atomic E-state index is 0.301. The number of Topliss-reactive ketones (excluding diaryl/α,β-unsaturated/α-hetero) is 1. The summed E-state index contributed by atoms with van der Waals surface area (Å²) < 4.78 is 1.15. The predicted molar refractivity (Wildman–Crippen MR) is 76.4 cm³/mol. The van der Waals surface area contributed by atoms with E-state index < -0.39 is 0 Å². The number of nitrogens with one attached hydrogen (secondary N) is 1. The molecule has 2 nitrogen and oxygen atoms in total. The molecule has 1 aliphatic rings. The first-order valence-corrected chi connectivity index (χ1v) is 7.43. The summed E-state index contributed by atoms with van der Waals surface area (Å²) in [5, 5.41) is 6.60. The SMILES string of the molecule is O=C(CCC1CCNC1)c1cccc2ccsc12. The van der Waals surface area contributed by atoms with Gasteiger partial charge in [-0.25, -0.2) is 0 Å². The van der Waals surface area contributed by atoms with Crippen LogP contribution in [-0.2, 0) is 0 Å². The van der Waals surface area contributed by atoms with Crippen LogP contribution in [0, 0.1) is 5.92 Å². The van der Waals surface area contributed by atoms with Crippen molar-refractivity contribution in [3.05, 3.63) is 35.2 Å². The molecule has 1 aromatic carbocycles. The maximum absolute atomic E-state index is 12.3. The summed E-state index contributed by atoms with van der Waals surface area (Å²) in [6.07, 6.45) is 2.92. The lowest BCUT2D eigenvalue weighted by molar-refractivity contribution is 0.0976. The maximum Gasteiger partial charge on any atom is 0.164 e. The number of carbonyl (C=O) groups is 1. The minimum Gasteiger partial charge on any atom is -0.316 e. The lowest BCUT2D eigenvalue weighted by Crippen LogP contribution is -2.10. The fraction of sp³-hybridized carbons (Fsp3) is 0.400. The molecule has 0 radical (unpaired) electrons. The van der Waals surface area contributed by atoms with Gasteiger partial charge in [-0.3, -0.25) is 4.79 Å². The van der Waals surface area contributed by atoms with Gasteiger partial charge in [0.1, 0.15) is 0 Å². The molecule has 1 aliphatic heterocycles. The summed E-state index contributed by atoms with van der Waals surface area (Å²) in [6.45, 7) is 2.19. The number of hydrogen-bond acceptors (Lipinski definition) is 3. The minimum absolute atomic E-state index is 0.301. The van der Waals surface area contributed by atoms with Gasteiger partial charge in [-0.2, -0.15) is 0 Å². The van der Waals surface area contributed by atoms with Crippen LogP contribution in [0.5, 0.6) is 0 Å². The van der Waals surface area contributed by atoms with Crippen molar-refractivity contribution in [1.29, 1.82) is 0 Å². The zero-order chi connectivity index (χ0) is 12.4. The van der Waals surface area contributed by atoms with Crippen LogP contribution in [0.15, 0.2) is 29.6 Å². The first-order valence-electron chi connectivity index (χ1n) is 6.55. The van der Waals surface area contributed by atoms with E-state index in [0.29, 0.717) is 18.1 Å². The first-order chi connectivity index (χ1) is 8.84. The predicted octanol–water partition coefficient (Wildman–Crippen LogP) is 3.47. The smallest absolute Gasteiger partial charge is 0.164 e. The molecule has 1 fully saturated rings. The standard InChI is InChI=1S/C15H17NOS/c17-14(5-4-11-6-8-16-10-11)13-3-1-2-12-7-9-18-15(12)13/h1-3,7,9,11,16H,4-6,8,10H2. The largest absolute Gasteiger partial charge is 0.316 e. The highest BCUT2D eigenvalue weighted by atomic mass is 32.1. The molecule has 1 saturated heterocycles. The van der Waals surface area contributed by atoms with E-state index in [4.69, 9.17) is 0 Å². The van der Waals surface area contributed by atoms with Gasteiger partial charge in [0.15, 0.2) is 5.78 Å². The quantitative estimate of drug-likeness (QED) is 0.852. The Hall–Kier alpha value is -1.19. The van der Waals surface area contributed by atoms with E-state index in [1.54, 1.807) is 11.3 Å². The molecule has 2 aromatic rings. The van der Waals surface area contributed by atoms with E-state index in [-0.39, 0.29) is 0 Å². The molecule has 18 heavy (non-hydrogen) atoms. The van der Waals surface area contributed by atoms with Crippen LogP contribution >= 0.6 is 11.3 Å². The van der Waals surface area contributed by atoms with Gasteiger partial charge in [0, 0.05) is 16.7 Å². The number of benzene rings is 1. The third-order valence-corrected chi connectivity index (χ3v) is 4.68. The molecule has 0 bridgehead atoms. The molecule has 94 valence electrons. The fourth-order valence-electron chi connectivity index (χ4n) is 2.64. The molecule has 1 unspecified atom stereocenters. The monoisotopic (exact) mass is 259 g/mol. The van der Waals surface area contributed by atoms with Crippen molar-refractivity contribution in [1.82, 2.24) is 5.32 Å². The fourth-order valence-corrected chi connectivity index (χ4v) is 3.58. The zero-order valence-electron chi connectivity index (χ0n) is 10.3. The van der Waals surface area contributed by atoms with Crippen LogP contribution in [0.1, 0.15) is 29.6 Å². The summed E-state index contributed by atoms with van der Waals surface area (Å²) in [7, 11) is 0. The zero-order valence-corrected chi connectivity index (χ0v) is 11.1. The van der Waals surface area contributed by atoms with Crippen LogP contribution in [0.2, 0.25) is 0 Å². The van der Waals surface area contributed by atoms with E-state index in [0.717, 1.165) is 29.8 Å². The topological polar surface area (TPSA) is 29.1 Å². The molecular formula is C15H17NOS. The van der Waals surface area contributed by atoms with E-state index in [2.05, 4.69) is 22.8 Å². The molecule has 1 N–H and O–H groups in total. The number of carbonyl (C=O) groups excluding carboxylic acids is 1. The van der Waals surface area contributed by atoms with E-state index in [1.807, 2.05) is 12.1 Å². The first kappa shape index (κ1) is 11.9. The third-order valence-electron chi connectivity index (χ3n) is 3.72. The Bertz CT molecular complexity index is 554. The van der Waals surface area contributed by atoms with Crippen LogP contribution in [-0.4, -0.2) is 18.9 Å². The highest BCUT2D eigenvalue weighted by Gasteiger charge is 2.17. The van der Waals surface area contributed by atoms with E-state index in [1.165, 1.54) is 11.8 Å². The number of rotatable bonds is 4. The normalized spacial score (nSPS) is 19.4. The molecule has 2 heterocycles. The van der Waals surface area contributed by atoms with Crippen molar-refractivity contribution in [3.8, 4) is 0 Å². The van der Waals surface area contributed by atoms with E-state index >= 15 is 0 Å². The number of ketones is 1. The highest BCUT2D eigenvalue weighted by Crippen LogP contribution is 2.26. The Morgan fingerprint density at radius 2 is 2.33 bits per heavy atom. The van der Waals surface area contributed by atoms with Gasteiger partial charge < -0.3 is 5.32 Å². The molecule has 1 aromatic heterocycles. The molecular weight excluding hydrogens is 242 g/mol. The number of fused-ring (bicyclic) bond motifs is 1. The van der Waals surface area contributed by atoms with Crippen LogP contribution in [0.4, 0.5) is 0 Å². The van der Waals surface area contributed by atoms with Gasteiger partial charge >= 0.3 is 0 Å². The van der Waals surface area contributed by atoms with Gasteiger partial charge in [0.05, 0.1) is 0 Å². The van der Waals surface area contributed by atoms with Gasteiger partial charge in [-0.1, -0.05) is 12.1 Å². The Morgan fingerprint density at radius 1 is 1.39 bits per heavy atom. The second kappa shape index (κ2) is 5.21. The van der Waals surface area contributed by atoms with Gasteiger partial charge in [0.2, 0.25) is 0 Å². The van der Waals surface area contributed by atoms with Crippen molar-refractivity contribution in [3.63, 3.8) is 0 Å². The van der Waals surface area contributed by atoms with Crippen molar-refractivity contribution >= 4 is 27.2 Å². The molecule has 3 rings (SSSR count). The lowest BCUT2D eigenvalue weighted by Gasteiger charge is -2.07. The molecule has 0 saturated carbocycles. The second-order valence-corrected chi connectivity index (χ2v) is 5.88. The molecule has 0 aliphatic carbocycles.